The van der Waals surface area contributed by atoms with E-state index in [4.69, 9.17) is 4.74 Å². The van der Waals surface area contributed by atoms with Crippen LogP contribution in [-0.4, -0.2) is 57.1 Å². The number of hydrogen-bond acceptors (Lipinski definition) is 5. The molecule has 8 nitrogen and oxygen atoms in total. The molecule has 0 saturated carbocycles. The van der Waals surface area contributed by atoms with Gasteiger partial charge in [-0.3, -0.25) is 13.9 Å². The molecule has 214 valence electrons. The van der Waals surface area contributed by atoms with E-state index in [1.807, 2.05) is 75.4 Å². The Balaban J connectivity index is 2.05. The number of aryl methyl sites for hydroxylation is 1. The standard InChI is InChI=1S/C31H39N3O5S/c1-6-24(3)32-31(36)29(20-25-12-8-7-9-13-25)33(21-26-14-10-11-23(2)19-26)30(35)22-34(40(5,37)38)27-15-17-28(39-4)18-16-27/h7-19,24,29H,6,20-22H2,1-5H3,(H,32,36)/t24-,29+/m0/s1. The number of sulfonamides is 1. The lowest BCUT2D eigenvalue weighted by Crippen LogP contribution is -2.54. The minimum Gasteiger partial charge on any atom is -0.497 e. The summed E-state index contributed by atoms with van der Waals surface area (Å²) in [4.78, 5) is 29.3. The van der Waals surface area contributed by atoms with Gasteiger partial charge in [0.2, 0.25) is 21.8 Å². The molecule has 0 aromatic heterocycles. The van der Waals surface area contributed by atoms with Crippen molar-refractivity contribution in [2.45, 2.75) is 52.2 Å². The summed E-state index contributed by atoms with van der Waals surface area (Å²) in [6.07, 6.45) is 2.07. The van der Waals surface area contributed by atoms with Crippen molar-refractivity contribution in [2.24, 2.45) is 0 Å². The highest BCUT2D eigenvalue weighted by atomic mass is 32.2. The van der Waals surface area contributed by atoms with Crippen LogP contribution in [-0.2, 0) is 32.6 Å². The van der Waals surface area contributed by atoms with E-state index in [2.05, 4.69) is 5.32 Å². The number of carbonyl (C=O) groups excluding carboxylic acids is 2. The molecule has 0 bridgehead atoms. The van der Waals surface area contributed by atoms with E-state index in [1.54, 1.807) is 24.3 Å². The summed E-state index contributed by atoms with van der Waals surface area (Å²) in [7, 11) is -2.31. The van der Waals surface area contributed by atoms with Gasteiger partial charge in [-0.15, -0.1) is 0 Å². The van der Waals surface area contributed by atoms with Gasteiger partial charge >= 0.3 is 0 Å². The summed E-state index contributed by atoms with van der Waals surface area (Å²) in [5, 5.41) is 3.03. The number of amides is 2. The molecule has 3 aromatic rings. The summed E-state index contributed by atoms with van der Waals surface area (Å²) in [5.41, 5.74) is 3.09. The Hall–Kier alpha value is -3.85. The average Bonchev–Trinajstić information content (AvgIpc) is 2.93. The number of rotatable bonds is 13. The maximum atomic E-state index is 14.1. The van der Waals surface area contributed by atoms with Gasteiger partial charge < -0.3 is 15.0 Å². The van der Waals surface area contributed by atoms with Crippen molar-refractivity contribution in [1.29, 1.82) is 0 Å². The third kappa shape index (κ3) is 8.58. The van der Waals surface area contributed by atoms with Crippen molar-refractivity contribution in [3.05, 3.63) is 95.6 Å². The molecule has 0 aliphatic rings. The summed E-state index contributed by atoms with van der Waals surface area (Å²) < 4.78 is 32.0. The lowest BCUT2D eigenvalue weighted by atomic mass is 10.0. The van der Waals surface area contributed by atoms with Crippen LogP contribution in [0.1, 0.15) is 37.0 Å². The van der Waals surface area contributed by atoms with Crippen LogP contribution in [0.4, 0.5) is 5.69 Å². The third-order valence-corrected chi connectivity index (χ3v) is 7.89. The van der Waals surface area contributed by atoms with Crippen LogP contribution in [0.25, 0.3) is 0 Å². The molecule has 0 unspecified atom stereocenters. The number of ether oxygens (including phenoxy) is 1. The first-order valence-electron chi connectivity index (χ1n) is 13.3. The van der Waals surface area contributed by atoms with Crippen LogP contribution >= 0.6 is 0 Å². The Bertz CT molecular complexity index is 1380. The van der Waals surface area contributed by atoms with Crippen LogP contribution in [0.2, 0.25) is 0 Å². The highest BCUT2D eigenvalue weighted by Crippen LogP contribution is 2.23. The monoisotopic (exact) mass is 565 g/mol. The molecule has 0 fully saturated rings. The van der Waals surface area contributed by atoms with E-state index < -0.39 is 28.5 Å². The minimum absolute atomic E-state index is 0.0893. The second-order valence-electron chi connectivity index (χ2n) is 10.0. The highest BCUT2D eigenvalue weighted by Gasteiger charge is 2.33. The Labute approximate surface area is 238 Å². The molecule has 0 aliphatic heterocycles. The molecule has 1 N–H and O–H groups in total. The van der Waals surface area contributed by atoms with Crippen LogP contribution in [0, 0.1) is 6.92 Å². The summed E-state index contributed by atoms with van der Waals surface area (Å²) in [5.74, 6) is -0.202. The average molecular weight is 566 g/mol. The summed E-state index contributed by atoms with van der Waals surface area (Å²) in [6, 6.07) is 22.7. The number of hydrogen-bond donors (Lipinski definition) is 1. The van der Waals surface area contributed by atoms with E-state index in [-0.39, 0.29) is 24.9 Å². The first-order chi connectivity index (χ1) is 19.0. The van der Waals surface area contributed by atoms with Gasteiger partial charge in [-0.2, -0.15) is 0 Å². The number of nitrogens with one attached hydrogen (secondary N) is 1. The zero-order valence-electron chi connectivity index (χ0n) is 23.8. The van der Waals surface area contributed by atoms with E-state index in [0.29, 0.717) is 11.4 Å². The maximum Gasteiger partial charge on any atom is 0.244 e. The van der Waals surface area contributed by atoms with Gasteiger partial charge in [0.05, 0.1) is 19.1 Å². The molecule has 0 heterocycles. The van der Waals surface area contributed by atoms with Gasteiger partial charge in [-0.1, -0.05) is 67.1 Å². The zero-order chi connectivity index (χ0) is 29.3. The van der Waals surface area contributed by atoms with Gasteiger partial charge in [0, 0.05) is 19.0 Å². The molecule has 3 rings (SSSR count). The molecule has 3 aromatic carbocycles. The summed E-state index contributed by atoms with van der Waals surface area (Å²) in [6.45, 7) is 5.54. The Morgan fingerprint density at radius 2 is 1.60 bits per heavy atom. The van der Waals surface area contributed by atoms with Gasteiger partial charge in [0.1, 0.15) is 18.3 Å². The smallest absolute Gasteiger partial charge is 0.244 e. The third-order valence-electron chi connectivity index (χ3n) is 6.75. The van der Waals surface area contributed by atoms with Crippen molar-refractivity contribution in [3.63, 3.8) is 0 Å². The van der Waals surface area contributed by atoms with Gasteiger partial charge in [-0.05, 0) is 55.7 Å². The molecule has 40 heavy (non-hydrogen) atoms. The van der Waals surface area contributed by atoms with Gasteiger partial charge in [0.15, 0.2) is 0 Å². The van der Waals surface area contributed by atoms with Crippen LogP contribution < -0.4 is 14.4 Å². The molecule has 2 amide bonds. The van der Waals surface area contributed by atoms with E-state index >= 15 is 0 Å². The number of anilines is 1. The summed E-state index contributed by atoms with van der Waals surface area (Å²) >= 11 is 0. The highest BCUT2D eigenvalue weighted by molar-refractivity contribution is 7.92. The quantitative estimate of drug-likeness (QED) is 0.333. The van der Waals surface area contributed by atoms with Crippen molar-refractivity contribution in [3.8, 4) is 5.75 Å². The van der Waals surface area contributed by atoms with Crippen molar-refractivity contribution in [1.82, 2.24) is 10.2 Å². The topological polar surface area (TPSA) is 96.0 Å². The molecule has 0 saturated heterocycles. The van der Waals surface area contributed by atoms with Crippen LogP contribution in [0.3, 0.4) is 0 Å². The molecule has 2 atom stereocenters. The largest absolute Gasteiger partial charge is 0.497 e. The van der Waals surface area contributed by atoms with Crippen molar-refractivity contribution < 1.29 is 22.7 Å². The molecular formula is C31H39N3O5S. The van der Waals surface area contributed by atoms with E-state index in [1.165, 1.54) is 12.0 Å². The fourth-order valence-electron chi connectivity index (χ4n) is 4.36. The lowest BCUT2D eigenvalue weighted by molar-refractivity contribution is -0.140. The first-order valence-corrected chi connectivity index (χ1v) is 15.2. The normalized spacial score (nSPS) is 12.7. The number of carbonyl (C=O) groups is 2. The molecule has 0 spiro atoms. The predicted molar refractivity (Wildman–Crippen MR) is 159 cm³/mol. The fourth-order valence-corrected chi connectivity index (χ4v) is 5.21. The first kappa shape index (κ1) is 30.7. The van der Waals surface area contributed by atoms with Gasteiger partial charge in [0.25, 0.3) is 0 Å². The Morgan fingerprint density at radius 3 is 2.17 bits per heavy atom. The van der Waals surface area contributed by atoms with E-state index in [9.17, 15) is 18.0 Å². The van der Waals surface area contributed by atoms with Crippen LogP contribution in [0.15, 0.2) is 78.9 Å². The number of benzene rings is 3. The maximum absolute atomic E-state index is 14.1. The fraction of sp³-hybridized carbons (Fsp3) is 0.355. The predicted octanol–water partition coefficient (Wildman–Crippen LogP) is 4.32. The number of methoxy groups -OCH3 is 1. The number of nitrogens with zero attached hydrogens (tertiary/aromatic N) is 2. The van der Waals surface area contributed by atoms with Crippen molar-refractivity contribution in [2.75, 3.05) is 24.2 Å². The second-order valence-corrected chi connectivity index (χ2v) is 11.9. The lowest BCUT2D eigenvalue weighted by Gasteiger charge is -2.34. The molecule has 9 heteroatoms. The Morgan fingerprint density at radius 1 is 0.950 bits per heavy atom. The van der Waals surface area contributed by atoms with Gasteiger partial charge in [-0.25, -0.2) is 8.42 Å². The minimum atomic E-state index is -3.83. The molecule has 0 aliphatic carbocycles. The molecule has 0 radical (unpaired) electrons. The molecular weight excluding hydrogens is 526 g/mol. The van der Waals surface area contributed by atoms with E-state index in [0.717, 1.165) is 33.7 Å². The zero-order valence-corrected chi connectivity index (χ0v) is 24.6. The Kier molecular flexibility index (Phi) is 10.7. The van der Waals surface area contributed by atoms with Crippen molar-refractivity contribution >= 4 is 27.5 Å². The second kappa shape index (κ2) is 14.0. The van der Waals surface area contributed by atoms with Crippen LogP contribution in [0.5, 0.6) is 5.75 Å². The SMILES string of the molecule is CC[C@H](C)NC(=O)[C@@H](Cc1ccccc1)N(Cc1cccc(C)c1)C(=O)CN(c1ccc(OC)cc1)S(C)(=O)=O.